The summed E-state index contributed by atoms with van der Waals surface area (Å²) in [5.41, 5.74) is 0. The normalized spacial score (nSPS) is 14.8. The van der Waals surface area contributed by atoms with E-state index in [1.165, 1.54) is 0 Å². The number of halogens is 4. The molecule has 10 heavy (non-hydrogen) atoms. The molecule has 0 aromatic carbocycles. The zero-order valence-electron chi connectivity index (χ0n) is 4.65. The molecule has 0 aliphatic heterocycles. The first-order chi connectivity index (χ1) is 4.33. The molecular formula is C4H4Br3ClO2. The second-order valence-corrected chi connectivity index (χ2v) is 9.41. The van der Waals surface area contributed by atoms with Crippen molar-refractivity contribution in [2.75, 3.05) is 0 Å². The molecule has 0 heterocycles. The molecule has 0 fully saturated rings. The Kier molecular flexibility index (Phi) is 4.80. The average molecular weight is 359 g/mol. The lowest BCUT2D eigenvalue weighted by Crippen LogP contribution is -2.19. The van der Waals surface area contributed by atoms with Gasteiger partial charge in [0.2, 0.25) is 0 Å². The molecule has 0 bridgehead atoms. The number of carboxylic acid groups (broad SMARTS) is 1. The fourth-order valence-corrected chi connectivity index (χ4v) is 2.05. The molecule has 0 amide bonds. The molecule has 0 spiro atoms. The monoisotopic (exact) mass is 356 g/mol. The zero-order valence-corrected chi connectivity index (χ0v) is 10.2. The van der Waals surface area contributed by atoms with E-state index in [0.717, 1.165) is 0 Å². The van der Waals surface area contributed by atoms with Gasteiger partial charge in [-0.25, -0.2) is 0 Å². The van der Waals surface area contributed by atoms with E-state index in [4.69, 9.17) is 16.7 Å². The first-order valence-electron chi connectivity index (χ1n) is 2.26. The van der Waals surface area contributed by atoms with Crippen LogP contribution < -0.4 is 0 Å². The number of carboxylic acids is 1. The highest BCUT2D eigenvalue weighted by Crippen LogP contribution is 2.39. The van der Waals surface area contributed by atoms with Crippen LogP contribution in [0.5, 0.6) is 0 Å². The van der Waals surface area contributed by atoms with Crippen LogP contribution in [-0.4, -0.2) is 18.6 Å². The Balaban J connectivity index is 3.80. The average Bonchev–Trinajstić information content (AvgIpc) is 1.60. The first kappa shape index (κ1) is 11.2. The quantitative estimate of drug-likeness (QED) is 0.770. The first-order valence-corrected chi connectivity index (χ1v) is 5.08. The van der Waals surface area contributed by atoms with Gasteiger partial charge in [-0.1, -0.05) is 47.8 Å². The predicted octanol–water partition coefficient (Wildman–Crippen LogP) is 2.91. The summed E-state index contributed by atoms with van der Waals surface area (Å²) in [6, 6.07) is 0. The molecule has 0 saturated carbocycles. The summed E-state index contributed by atoms with van der Waals surface area (Å²) in [7, 11) is 0. The molecule has 0 aromatic heterocycles. The molecule has 1 N–H and O–H groups in total. The molecule has 2 nitrogen and oxygen atoms in total. The maximum Gasteiger partial charge on any atom is 0.321 e. The fraction of sp³-hybridized carbons (Fsp3) is 0.750. The predicted molar refractivity (Wildman–Crippen MR) is 51.4 cm³/mol. The van der Waals surface area contributed by atoms with Crippen molar-refractivity contribution < 1.29 is 9.90 Å². The lowest BCUT2D eigenvalue weighted by molar-refractivity contribution is -0.136. The van der Waals surface area contributed by atoms with Gasteiger partial charge in [-0.3, -0.25) is 4.79 Å². The molecular weight excluding hydrogens is 355 g/mol. The van der Waals surface area contributed by atoms with Gasteiger partial charge < -0.3 is 5.11 Å². The smallest absolute Gasteiger partial charge is 0.321 e. The molecule has 0 rings (SSSR count). The third-order valence-electron chi connectivity index (χ3n) is 0.679. The molecule has 0 aromatic rings. The molecule has 60 valence electrons. The molecule has 1 unspecified atom stereocenters. The number of carbonyl (C=O) groups is 1. The minimum absolute atomic E-state index is 0.254. The van der Waals surface area contributed by atoms with Crippen molar-refractivity contribution in [1.82, 2.24) is 0 Å². The van der Waals surface area contributed by atoms with E-state index in [2.05, 4.69) is 47.8 Å². The summed E-state index contributed by atoms with van der Waals surface area (Å²) in [5.74, 6) is -1.02. The molecule has 0 saturated heterocycles. The molecule has 0 aliphatic rings. The van der Waals surface area contributed by atoms with Gasteiger partial charge in [-0.05, 0) is 0 Å². The number of alkyl halides is 4. The third-order valence-corrected chi connectivity index (χ3v) is 1.99. The van der Waals surface area contributed by atoms with Gasteiger partial charge in [-0.2, -0.15) is 0 Å². The van der Waals surface area contributed by atoms with Crippen molar-refractivity contribution in [3.05, 3.63) is 0 Å². The maximum absolute atomic E-state index is 10.2. The van der Waals surface area contributed by atoms with Crippen LogP contribution in [0.3, 0.4) is 0 Å². The number of hydrogen-bond acceptors (Lipinski definition) is 1. The number of aliphatic carboxylic acids is 1. The topological polar surface area (TPSA) is 37.3 Å². The lowest BCUT2D eigenvalue weighted by Gasteiger charge is -2.12. The Morgan fingerprint density at radius 3 is 2.10 bits per heavy atom. The molecule has 0 aliphatic carbocycles. The van der Waals surface area contributed by atoms with Crippen molar-refractivity contribution in [3.63, 3.8) is 0 Å². The van der Waals surface area contributed by atoms with E-state index in [-0.39, 0.29) is 6.42 Å². The highest BCUT2D eigenvalue weighted by atomic mass is 80.0. The van der Waals surface area contributed by atoms with Crippen molar-refractivity contribution in [2.45, 2.75) is 13.9 Å². The van der Waals surface area contributed by atoms with E-state index in [0.29, 0.717) is 0 Å². The van der Waals surface area contributed by atoms with Crippen LogP contribution in [0.25, 0.3) is 0 Å². The summed E-state index contributed by atoms with van der Waals surface area (Å²) in [6.45, 7) is 0. The van der Waals surface area contributed by atoms with Crippen molar-refractivity contribution in [3.8, 4) is 0 Å². The second-order valence-electron chi connectivity index (χ2n) is 1.63. The van der Waals surface area contributed by atoms with E-state index in [1.54, 1.807) is 0 Å². The standard InChI is InChI=1S/C4H4Br3ClO2/c5-4(6,7)1-2(8)3(9)10/h2H,1H2,(H,9,10). The van der Waals surface area contributed by atoms with Gasteiger partial charge in [0, 0.05) is 6.42 Å². The van der Waals surface area contributed by atoms with Crippen LogP contribution in [-0.2, 0) is 4.79 Å². The third kappa shape index (κ3) is 5.95. The highest BCUT2D eigenvalue weighted by molar-refractivity contribution is 9.39. The summed E-state index contributed by atoms with van der Waals surface area (Å²) in [6.07, 6.45) is 0.254. The minimum Gasteiger partial charge on any atom is -0.480 e. The van der Waals surface area contributed by atoms with Gasteiger partial charge in [0.05, 0.1) is 0 Å². The Labute approximate surface area is 88.7 Å². The molecule has 6 heteroatoms. The van der Waals surface area contributed by atoms with Crippen molar-refractivity contribution in [1.29, 1.82) is 0 Å². The largest absolute Gasteiger partial charge is 0.480 e. The summed E-state index contributed by atoms with van der Waals surface area (Å²) in [5, 5.41) is 7.46. The van der Waals surface area contributed by atoms with Gasteiger partial charge in [0.1, 0.15) is 7.52 Å². The molecule has 1 atom stereocenters. The van der Waals surface area contributed by atoms with E-state index >= 15 is 0 Å². The Morgan fingerprint density at radius 2 is 2.00 bits per heavy atom. The summed E-state index contributed by atoms with van der Waals surface area (Å²) < 4.78 is -0.572. The van der Waals surface area contributed by atoms with Crippen LogP contribution in [0, 0.1) is 0 Å². The Morgan fingerprint density at radius 1 is 1.60 bits per heavy atom. The highest BCUT2D eigenvalue weighted by Gasteiger charge is 2.26. The van der Waals surface area contributed by atoms with Crippen LogP contribution in [0.4, 0.5) is 0 Å². The Bertz CT molecular complexity index is 133. The van der Waals surface area contributed by atoms with E-state index in [1.807, 2.05) is 0 Å². The lowest BCUT2D eigenvalue weighted by atomic mass is 10.3. The van der Waals surface area contributed by atoms with Crippen LogP contribution in [0.2, 0.25) is 0 Å². The second kappa shape index (κ2) is 4.28. The van der Waals surface area contributed by atoms with Crippen molar-refractivity contribution >= 4 is 65.4 Å². The minimum atomic E-state index is -1.02. The summed E-state index contributed by atoms with van der Waals surface area (Å²) in [4.78, 5) is 10.2. The van der Waals surface area contributed by atoms with Crippen LogP contribution in [0.1, 0.15) is 6.42 Å². The Hall–Kier alpha value is 1.20. The zero-order chi connectivity index (χ0) is 8.36. The van der Waals surface area contributed by atoms with E-state index in [9.17, 15) is 4.79 Å². The van der Waals surface area contributed by atoms with Crippen LogP contribution >= 0.6 is 59.4 Å². The number of rotatable bonds is 2. The van der Waals surface area contributed by atoms with Gasteiger partial charge in [-0.15, -0.1) is 11.6 Å². The van der Waals surface area contributed by atoms with Crippen molar-refractivity contribution in [2.24, 2.45) is 0 Å². The van der Waals surface area contributed by atoms with Crippen LogP contribution in [0.15, 0.2) is 0 Å². The maximum atomic E-state index is 10.2. The summed E-state index contributed by atoms with van der Waals surface area (Å²) >= 11 is 14.8. The number of hydrogen-bond donors (Lipinski definition) is 1. The van der Waals surface area contributed by atoms with Gasteiger partial charge in [0.25, 0.3) is 0 Å². The molecule has 0 radical (unpaired) electrons. The SMILES string of the molecule is O=C(O)C(Cl)CC(Br)(Br)Br. The van der Waals surface area contributed by atoms with Gasteiger partial charge in [0.15, 0.2) is 0 Å². The fourth-order valence-electron chi connectivity index (χ4n) is 0.291. The van der Waals surface area contributed by atoms with Gasteiger partial charge >= 0.3 is 5.97 Å². The van der Waals surface area contributed by atoms with E-state index < -0.39 is 13.5 Å².